The molecule has 0 bridgehead atoms. The number of nitrogens with one attached hydrogen (secondary N) is 1. The van der Waals surface area contributed by atoms with Crippen LogP contribution in [0.5, 0.6) is 11.6 Å². The smallest absolute Gasteiger partial charge is 0.213 e. The largest absolute Gasteiger partial charge is 0.492 e. The van der Waals surface area contributed by atoms with Crippen LogP contribution in [0.15, 0.2) is 53.5 Å². The molecular formula is C19H27IN4O2. The number of pyridine rings is 1. The standard InChI is InChI=1S/C19H26N4O2.HI/c1-4-20-19(21-15-16-9-8-12-18(22-16)24-3)23(2)13-14-25-17-10-6-5-7-11-17;/h5-12H,4,13-15H2,1-3H3,(H,20,21);1H. The lowest BCUT2D eigenvalue weighted by molar-refractivity contribution is 0.281. The van der Waals surface area contributed by atoms with Crippen molar-refractivity contribution in [1.29, 1.82) is 0 Å². The van der Waals surface area contributed by atoms with Crippen molar-refractivity contribution in [3.63, 3.8) is 0 Å². The summed E-state index contributed by atoms with van der Waals surface area (Å²) in [6.07, 6.45) is 0. The number of hydrogen-bond acceptors (Lipinski definition) is 4. The van der Waals surface area contributed by atoms with Gasteiger partial charge in [-0.25, -0.2) is 9.98 Å². The Morgan fingerprint density at radius 2 is 1.92 bits per heavy atom. The van der Waals surface area contributed by atoms with E-state index < -0.39 is 0 Å². The summed E-state index contributed by atoms with van der Waals surface area (Å²) in [7, 11) is 3.61. The van der Waals surface area contributed by atoms with Crippen molar-refractivity contribution < 1.29 is 9.47 Å². The number of ether oxygens (including phenoxy) is 2. The molecule has 0 spiro atoms. The van der Waals surface area contributed by atoms with Crippen molar-refractivity contribution in [2.45, 2.75) is 13.5 Å². The van der Waals surface area contributed by atoms with Crippen molar-refractivity contribution in [2.24, 2.45) is 4.99 Å². The Kier molecular flexibility index (Phi) is 10.5. The van der Waals surface area contributed by atoms with Crippen LogP contribution in [-0.4, -0.2) is 49.7 Å². The number of methoxy groups -OCH3 is 1. The zero-order chi connectivity index (χ0) is 17.9. The fourth-order valence-electron chi connectivity index (χ4n) is 2.21. The van der Waals surface area contributed by atoms with Crippen molar-refractivity contribution in [3.05, 3.63) is 54.2 Å². The van der Waals surface area contributed by atoms with Crippen LogP contribution >= 0.6 is 24.0 Å². The van der Waals surface area contributed by atoms with Gasteiger partial charge in [0.1, 0.15) is 12.4 Å². The Morgan fingerprint density at radius 1 is 1.15 bits per heavy atom. The van der Waals surface area contributed by atoms with Crippen molar-refractivity contribution in [2.75, 3.05) is 33.9 Å². The summed E-state index contributed by atoms with van der Waals surface area (Å²) in [5, 5.41) is 3.29. The number of likely N-dealkylation sites (N-methyl/N-ethyl adjacent to an activating group) is 1. The third-order valence-corrected chi connectivity index (χ3v) is 3.52. The van der Waals surface area contributed by atoms with E-state index >= 15 is 0 Å². The second-order valence-electron chi connectivity index (χ2n) is 5.42. The average Bonchev–Trinajstić information content (AvgIpc) is 2.66. The highest BCUT2D eigenvalue weighted by atomic mass is 127. The van der Waals surface area contributed by atoms with Gasteiger partial charge in [0.2, 0.25) is 5.88 Å². The number of halogens is 1. The highest BCUT2D eigenvalue weighted by Gasteiger charge is 2.06. The Hall–Kier alpha value is -2.03. The molecule has 0 amide bonds. The van der Waals surface area contributed by atoms with E-state index in [1.807, 2.05) is 67.4 Å². The molecule has 1 N–H and O–H groups in total. The van der Waals surface area contributed by atoms with Gasteiger partial charge in [0.05, 0.1) is 25.9 Å². The third-order valence-electron chi connectivity index (χ3n) is 3.52. The zero-order valence-corrected chi connectivity index (χ0v) is 17.8. The van der Waals surface area contributed by atoms with Crippen LogP contribution in [0.3, 0.4) is 0 Å². The number of aliphatic imine (C=N–C) groups is 1. The lowest BCUT2D eigenvalue weighted by Gasteiger charge is -2.22. The van der Waals surface area contributed by atoms with Gasteiger partial charge in [-0.3, -0.25) is 0 Å². The SMILES string of the molecule is CCNC(=NCc1cccc(OC)n1)N(C)CCOc1ccccc1.I. The number of rotatable bonds is 8. The maximum Gasteiger partial charge on any atom is 0.213 e. The fraction of sp³-hybridized carbons (Fsp3) is 0.368. The minimum atomic E-state index is 0. The lowest BCUT2D eigenvalue weighted by atomic mass is 10.3. The number of guanidine groups is 1. The van der Waals surface area contributed by atoms with Crippen LogP contribution in [-0.2, 0) is 6.54 Å². The molecule has 0 aliphatic rings. The molecule has 0 saturated carbocycles. The molecule has 2 rings (SSSR count). The molecule has 1 heterocycles. The van der Waals surface area contributed by atoms with Gasteiger partial charge < -0.3 is 19.7 Å². The van der Waals surface area contributed by atoms with Crippen LogP contribution in [0.25, 0.3) is 0 Å². The summed E-state index contributed by atoms with van der Waals surface area (Å²) in [4.78, 5) is 11.1. The molecule has 1 aromatic heterocycles. The van der Waals surface area contributed by atoms with E-state index in [4.69, 9.17) is 9.47 Å². The lowest BCUT2D eigenvalue weighted by Crippen LogP contribution is -2.40. The predicted molar refractivity (Wildman–Crippen MR) is 116 cm³/mol. The molecule has 0 aliphatic carbocycles. The number of aromatic nitrogens is 1. The van der Waals surface area contributed by atoms with Crippen LogP contribution in [0.4, 0.5) is 0 Å². The first-order valence-corrected chi connectivity index (χ1v) is 8.40. The molecule has 0 unspecified atom stereocenters. The second-order valence-corrected chi connectivity index (χ2v) is 5.42. The van der Waals surface area contributed by atoms with Gasteiger partial charge in [-0.2, -0.15) is 0 Å². The molecule has 7 heteroatoms. The van der Waals surface area contributed by atoms with Crippen LogP contribution in [0.1, 0.15) is 12.6 Å². The first-order chi connectivity index (χ1) is 12.2. The number of nitrogens with zero attached hydrogens (tertiary/aromatic N) is 3. The summed E-state index contributed by atoms with van der Waals surface area (Å²) in [5.41, 5.74) is 0.865. The molecule has 6 nitrogen and oxygen atoms in total. The van der Waals surface area contributed by atoms with E-state index in [0.717, 1.165) is 30.5 Å². The molecule has 0 radical (unpaired) electrons. The topological polar surface area (TPSA) is 59.0 Å². The molecule has 2 aromatic rings. The summed E-state index contributed by atoms with van der Waals surface area (Å²) in [6.45, 7) is 4.65. The first kappa shape index (κ1) is 22.0. The molecule has 1 aromatic carbocycles. The molecule has 0 aliphatic heterocycles. The van der Waals surface area contributed by atoms with E-state index in [0.29, 0.717) is 19.0 Å². The van der Waals surface area contributed by atoms with Gasteiger partial charge >= 0.3 is 0 Å². The predicted octanol–water partition coefficient (Wildman–Crippen LogP) is 3.18. The van der Waals surface area contributed by atoms with Crippen LogP contribution < -0.4 is 14.8 Å². The van der Waals surface area contributed by atoms with Crippen molar-refractivity contribution >= 4 is 29.9 Å². The van der Waals surface area contributed by atoms with E-state index in [-0.39, 0.29) is 24.0 Å². The normalized spacial score (nSPS) is 10.7. The van der Waals surface area contributed by atoms with E-state index in [1.165, 1.54) is 0 Å². The van der Waals surface area contributed by atoms with Gasteiger partial charge in [0.15, 0.2) is 5.96 Å². The second kappa shape index (κ2) is 12.3. The Bertz CT molecular complexity index is 668. The summed E-state index contributed by atoms with van der Waals surface area (Å²) >= 11 is 0. The van der Waals surface area contributed by atoms with E-state index in [2.05, 4.69) is 15.3 Å². The van der Waals surface area contributed by atoms with Gasteiger partial charge in [-0.05, 0) is 25.1 Å². The van der Waals surface area contributed by atoms with Gasteiger partial charge in [-0.1, -0.05) is 24.3 Å². The molecule has 0 atom stereocenters. The summed E-state index contributed by atoms with van der Waals surface area (Å²) in [5.74, 6) is 2.30. The molecular weight excluding hydrogens is 443 g/mol. The van der Waals surface area contributed by atoms with Crippen molar-refractivity contribution in [1.82, 2.24) is 15.2 Å². The average molecular weight is 470 g/mol. The van der Waals surface area contributed by atoms with Crippen LogP contribution in [0, 0.1) is 0 Å². The van der Waals surface area contributed by atoms with Gasteiger partial charge in [0.25, 0.3) is 0 Å². The number of para-hydroxylation sites is 1. The Labute approximate surface area is 172 Å². The Balaban J connectivity index is 0.00000338. The molecule has 0 fully saturated rings. The number of hydrogen-bond donors (Lipinski definition) is 1. The molecule has 26 heavy (non-hydrogen) atoms. The molecule has 0 saturated heterocycles. The van der Waals surface area contributed by atoms with Crippen LogP contribution in [0.2, 0.25) is 0 Å². The highest BCUT2D eigenvalue weighted by molar-refractivity contribution is 14.0. The van der Waals surface area contributed by atoms with Gasteiger partial charge in [-0.15, -0.1) is 24.0 Å². The minimum Gasteiger partial charge on any atom is -0.492 e. The third kappa shape index (κ3) is 7.47. The molecule has 142 valence electrons. The quantitative estimate of drug-likeness (QED) is 0.365. The monoisotopic (exact) mass is 470 g/mol. The van der Waals surface area contributed by atoms with E-state index in [9.17, 15) is 0 Å². The van der Waals surface area contributed by atoms with Gasteiger partial charge in [0, 0.05) is 19.7 Å². The first-order valence-electron chi connectivity index (χ1n) is 8.40. The Morgan fingerprint density at radius 3 is 2.62 bits per heavy atom. The number of benzene rings is 1. The minimum absolute atomic E-state index is 0. The summed E-state index contributed by atoms with van der Waals surface area (Å²) in [6, 6.07) is 15.5. The maximum absolute atomic E-state index is 5.74. The fourth-order valence-corrected chi connectivity index (χ4v) is 2.21. The van der Waals surface area contributed by atoms with Crippen molar-refractivity contribution in [3.8, 4) is 11.6 Å². The summed E-state index contributed by atoms with van der Waals surface area (Å²) < 4.78 is 10.9. The maximum atomic E-state index is 5.74. The van der Waals surface area contributed by atoms with E-state index in [1.54, 1.807) is 7.11 Å². The highest BCUT2D eigenvalue weighted by Crippen LogP contribution is 2.09. The zero-order valence-electron chi connectivity index (χ0n) is 15.5.